The van der Waals surface area contributed by atoms with E-state index in [4.69, 9.17) is 32.1 Å². The van der Waals surface area contributed by atoms with E-state index in [1.54, 1.807) is 12.3 Å². The van der Waals surface area contributed by atoms with E-state index in [0.29, 0.717) is 33.5 Å². The zero-order valence-electron chi connectivity index (χ0n) is 18.8. The maximum Gasteiger partial charge on any atom is 0.277 e. The number of H-pyrrole nitrogens is 1. The van der Waals surface area contributed by atoms with Gasteiger partial charge in [-0.3, -0.25) is 14.6 Å². The zero-order chi connectivity index (χ0) is 23.8. The fourth-order valence-electron chi connectivity index (χ4n) is 4.22. The first-order valence-electron chi connectivity index (χ1n) is 11.0. The molecule has 1 amide bonds. The average molecular weight is 498 g/mol. The van der Waals surface area contributed by atoms with E-state index in [1.807, 2.05) is 25.1 Å². The van der Waals surface area contributed by atoms with Crippen LogP contribution in [0.15, 0.2) is 40.5 Å². The van der Waals surface area contributed by atoms with Gasteiger partial charge in [0, 0.05) is 41.3 Å². The van der Waals surface area contributed by atoms with Crippen LogP contribution in [0.2, 0.25) is 5.02 Å². The number of aromatic nitrogens is 4. The number of carbonyl (C=O) groups excluding carboxylic acids is 1. The van der Waals surface area contributed by atoms with Crippen LogP contribution in [0.25, 0.3) is 21.9 Å². The number of carbonyl (C=O) groups is 1. The lowest BCUT2D eigenvalue weighted by Crippen LogP contribution is -2.27. The third kappa shape index (κ3) is 4.18. The molecular weight excluding hydrogens is 474 g/mol. The van der Waals surface area contributed by atoms with Crippen LogP contribution in [0.4, 0.5) is 5.82 Å². The number of nitrogens with two attached hydrogens (primary N) is 1. The molecule has 11 heteroatoms. The highest BCUT2D eigenvalue weighted by Gasteiger charge is 2.26. The third-order valence-electron chi connectivity index (χ3n) is 5.83. The Hall–Kier alpha value is -2.92. The lowest BCUT2D eigenvalue weighted by molar-refractivity contribution is 0.0539. The summed E-state index contributed by atoms with van der Waals surface area (Å²) in [5.74, 6) is 0.404. The molecule has 0 spiro atoms. The highest BCUT2D eigenvalue weighted by Crippen LogP contribution is 2.38. The summed E-state index contributed by atoms with van der Waals surface area (Å²) in [5, 5.41) is 2.85. The third-order valence-corrected chi connectivity index (χ3v) is 7.08. The Morgan fingerprint density at radius 2 is 2.26 bits per heavy atom. The van der Waals surface area contributed by atoms with Crippen molar-refractivity contribution in [2.24, 2.45) is 5.73 Å². The van der Waals surface area contributed by atoms with Gasteiger partial charge in [0.15, 0.2) is 5.16 Å². The van der Waals surface area contributed by atoms with Crippen LogP contribution in [0, 0.1) is 0 Å². The van der Waals surface area contributed by atoms with E-state index in [0.717, 1.165) is 46.6 Å². The second-order valence-corrected chi connectivity index (χ2v) is 9.52. The molecule has 5 rings (SSSR count). The smallest absolute Gasteiger partial charge is 0.277 e. The highest BCUT2D eigenvalue weighted by atomic mass is 35.5. The summed E-state index contributed by atoms with van der Waals surface area (Å²) in [6.07, 6.45) is 3.31. The molecular formula is C23H24ClN7O2S. The Balaban J connectivity index is 1.61. The van der Waals surface area contributed by atoms with Gasteiger partial charge in [0.2, 0.25) is 0 Å². The minimum absolute atomic E-state index is 0.0966. The van der Waals surface area contributed by atoms with Crippen molar-refractivity contribution in [3.8, 4) is 0 Å². The maximum absolute atomic E-state index is 12.6. The molecule has 176 valence electrons. The van der Waals surface area contributed by atoms with Crippen molar-refractivity contribution in [3.05, 3.63) is 46.7 Å². The summed E-state index contributed by atoms with van der Waals surface area (Å²) < 4.78 is 0. The monoisotopic (exact) mass is 497 g/mol. The number of hydrogen-bond acceptors (Lipinski definition) is 8. The predicted octanol–water partition coefficient (Wildman–Crippen LogP) is 3.70. The number of halogens is 1. The van der Waals surface area contributed by atoms with Crippen LogP contribution in [-0.4, -0.2) is 52.1 Å². The number of anilines is 1. The summed E-state index contributed by atoms with van der Waals surface area (Å²) in [7, 11) is 1.40. The molecule has 0 bridgehead atoms. The van der Waals surface area contributed by atoms with Gasteiger partial charge in [-0.2, -0.15) is 0 Å². The van der Waals surface area contributed by atoms with Crippen molar-refractivity contribution in [1.29, 1.82) is 0 Å². The predicted molar refractivity (Wildman–Crippen MR) is 133 cm³/mol. The number of nitrogens with one attached hydrogen (secondary N) is 2. The molecule has 1 atom stereocenters. The second-order valence-electron chi connectivity index (χ2n) is 8.10. The molecule has 0 radical (unpaired) electrons. The minimum atomic E-state index is -0.375. The van der Waals surface area contributed by atoms with Crippen molar-refractivity contribution in [2.45, 2.75) is 35.9 Å². The number of hydroxylamine groups is 1. The van der Waals surface area contributed by atoms with E-state index in [-0.39, 0.29) is 11.9 Å². The first-order chi connectivity index (χ1) is 16.5. The number of aromatic amines is 1. The van der Waals surface area contributed by atoms with Gasteiger partial charge in [-0.05, 0) is 42.8 Å². The van der Waals surface area contributed by atoms with Crippen LogP contribution < -0.4 is 16.1 Å². The highest BCUT2D eigenvalue weighted by molar-refractivity contribution is 7.99. The second kappa shape index (κ2) is 9.38. The number of nitrogens with zero attached hydrogens (tertiary/aromatic N) is 4. The molecule has 0 saturated carbocycles. The molecule has 3 aromatic heterocycles. The number of fused-ring (bicyclic) bond motifs is 2. The van der Waals surface area contributed by atoms with Crippen LogP contribution in [0.5, 0.6) is 0 Å². The molecule has 4 heterocycles. The molecule has 9 nitrogen and oxygen atoms in total. The molecule has 1 fully saturated rings. The Bertz CT molecular complexity index is 1390. The fraction of sp³-hybridized carbons (Fsp3) is 0.304. The van der Waals surface area contributed by atoms with E-state index >= 15 is 0 Å². The van der Waals surface area contributed by atoms with Gasteiger partial charge in [0.25, 0.3) is 5.91 Å². The Kier molecular flexibility index (Phi) is 6.30. The summed E-state index contributed by atoms with van der Waals surface area (Å²) >= 11 is 8.07. The van der Waals surface area contributed by atoms with E-state index < -0.39 is 0 Å². The molecule has 1 aliphatic rings. The first-order valence-corrected chi connectivity index (χ1v) is 12.2. The van der Waals surface area contributed by atoms with Crippen LogP contribution in [-0.2, 0) is 11.3 Å². The lowest BCUT2D eigenvalue weighted by atomic mass is 10.1. The van der Waals surface area contributed by atoms with Gasteiger partial charge >= 0.3 is 0 Å². The molecule has 0 aliphatic carbocycles. The topological polar surface area (TPSA) is 122 Å². The lowest BCUT2D eigenvalue weighted by Gasteiger charge is -2.18. The molecule has 4 aromatic rings. The number of aryl methyl sites for hydroxylation is 1. The maximum atomic E-state index is 12.6. The van der Waals surface area contributed by atoms with Crippen molar-refractivity contribution in [3.63, 3.8) is 0 Å². The van der Waals surface area contributed by atoms with Crippen molar-refractivity contribution in [2.75, 3.05) is 25.1 Å². The fourth-order valence-corrected chi connectivity index (χ4v) is 5.42. The number of amides is 1. The van der Waals surface area contributed by atoms with Crippen LogP contribution in [0.3, 0.4) is 0 Å². The number of pyridine rings is 1. The van der Waals surface area contributed by atoms with E-state index in [9.17, 15) is 4.79 Å². The summed E-state index contributed by atoms with van der Waals surface area (Å²) in [6, 6.07) is 7.58. The van der Waals surface area contributed by atoms with Crippen LogP contribution in [0.1, 0.15) is 29.4 Å². The quantitative estimate of drug-likeness (QED) is 0.272. The standard InChI is InChI=1S/C23H24ClN7O2S/c1-3-16-18(24)17-20(27-16)28-23(29-21(17)31-8-6-13(25)11-31)34-14-9-12-5-4-7-26-19(12)15(10-14)22(32)30-33-2/h4-5,7,9-10,13H,3,6,8,11,25H2,1-2H3,(H,30,32)(H,27,28,29)/t13-/m1/s1. The van der Waals surface area contributed by atoms with Gasteiger partial charge in [0.1, 0.15) is 11.5 Å². The zero-order valence-corrected chi connectivity index (χ0v) is 20.3. The molecule has 1 aromatic carbocycles. The molecule has 1 aliphatic heterocycles. The Morgan fingerprint density at radius 3 is 3.00 bits per heavy atom. The summed E-state index contributed by atoms with van der Waals surface area (Å²) in [4.78, 5) is 37.8. The van der Waals surface area contributed by atoms with E-state index in [2.05, 4.69) is 20.3 Å². The SMILES string of the molecule is CCc1[nH]c2nc(Sc3cc(C(=O)NOC)c4ncccc4c3)nc(N3CC[C@@H](N)C3)c2c1Cl. The van der Waals surface area contributed by atoms with Gasteiger partial charge in [-0.15, -0.1) is 0 Å². The van der Waals surface area contributed by atoms with Gasteiger partial charge < -0.3 is 15.6 Å². The van der Waals surface area contributed by atoms with Crippen molar-refractivity contribution in [1.82, 2.24) is 25.4 Å². The van der Waals surface area contributed by atoms with Gasteiger partial charge in [-0.25, -0.2) is 15.4 Å². The molecule has 4 N–H and O–H groups in total. The van der Waals surface area contributed by atoms with E-state index in [1.165, 1.54) is 18.9 Å². The molecule has 34 heavy (non-hydrogen) atoms. The Labute approximate surface area is 205 Å². The van der Waals surface area contributed by atoms with Crippen molar-refractivity contribution < 1.29 is 9.63 Å². The first kappa shape index (κ1) is 22.9. The normalized spacial score (nSPS) is 16.0. The number of hydrogen-bond donors (Lipinski definition) is 3. The molecule has 1 saturated heterocycles. The number of rotatable bonds is 6. The summed E-state index contributed by atoms with van der Waals surface area (Å²) in [5.41, 5.74) is 11.2. The van der Waals surface area contributed by atoms with Gasteiger partial charge in [-0.1, -0.05) is 24.6 Å². The number of benzene rings is 1. The van der Waals surface area contributed by atoms with Crippen molar-refractivity contribution >= 4 is 57.0 Å². The van der Waals surface area contributed by atoms with Gasteiger partial charge in [0.05, 0.1) is 28.6 Å². The summed E-state index contributed by atoms with van der Waals surface area (Å²) in [6.45, 7) is 3.56. The molecule has 0 unspecified atom stereocenters. The minimum Gasteiger partial charge on any atom is -0.354 e. The average Bonchev–Trinajstić information content (AvgIpc) is 3.41. The van der Waals surface area contributed by atoms with Crippen LogP contribution >= 0.6 is 23.4 Å². The largest absolute Gasteiger partial charge is 0.354 e. The Morgan fingerprint density at radius 1 is 1.41 bits per heavy atom.